The van der Waals surface area contributed by atoms with Crippen molar-refractivity contribution in [3.8, 4) is 0 Å². The fourth-order valence-corrected chi connectivity index (χ4v) is 2.21. The molecule has 1 saturated heterocycles. The number of unbranched alkanes of at least 4 members (excludes halogenated alkanes) is 2. The number of hydrogen-bond donors (Lipinski definition) is 0. The van der Waals surface area contributed by atoms with Crippen LogP contribution in [-0.4, -0.2) is 22.7 Å². The van der Waals surface area contributed by atoms with Gasteiger partial charge in [-0.25, -0.2) is 9.97 Å². The fraction of sp³-hybridized carbons (Fsp3) is 0.714. The van der Waals surface area contributed by atoms with Gasteiger partial charge >= 0.3 is 6.11 Å². The van der Waals surface area contributed by atoms with Crippen LogP contribution in [0.1, 0.15) is 56.3 Å². The molecule has 0 radical (unpaired) electrons. The SMILES string of the molecule is CCCCCc1cnc(C2CCC(F)(F)OC2)nc1. The Bertz CT molecular complexity index is 385. The summed E-state index contributed by atoms with van der Waals surface area (Å²) in [6.07, 6.45) is 5.28. The van der Waals surface area contributed by atoms with Crippen LogP contribution in [0.2, 0.25) is 0 Å². The predicted molar refractivity (Wildman–Crippen MR) is 68.1 cm³/mol. The van der Waals surface area contributed by atoms with E-state index in [1.807, 2.05) is 12.4 Å². The molecule has 2 heterocycles. The number of rotatable bonds is 5. The molecule has 0 aromatic carbocycles. The van der Waals surface area contributed by atoms with Crippen LogP contribution in [0.3, 0.4) is 0 Å². The van der Waals surface area contributed by atoms with Crippen molar-refractivity contribution in [2.24, 2.45) is 0 Å². The summed E-state index contributed by atoms with van der Waals surface area (Å²) in [6.45, 7) is 2.17. The Hall–Kier alpha value is -1.10. The largest absolute Gasteiger partial charge is 0.355 e. The molecule has 2 rings (SSSR count). The lowest BCUT2D eigenvalue weighted by Crippen LogP contribution is -2.30. The monoisotopic (exact) mass is 270 g/mol. The Labute approximate surface area is 112 Å². The van der Waals surface area contributed by atoms with E-state index in [0.717, 1.165) is 18.4 Å². The van der Waals surface area contributed by atoms with Crippen LogP contribution in [0, 0.1) is 0 Å². The Balaban J connectivity index is 1.88. The van der Waals surface area contributed by atoms with Crippen LogP contribution in [0.25, 0.3) is 0 Å². The van der Waals surface area contributed by atoms with Crippen molar-refractivity contribution in [1.29, 1.82) is 0 Å². The molecule has 1 aromatic heterocycles. The van der Waals surface area contributed by atoms with Gasteiger partial charge in [0.2, 0.25) is 0 Å². The number of hydrogen-bond acceptors (Lipinski definition) is 3. The summed E-state index contributed by atoms with van der Waals surface area (Å²) in [5, 5.41) is 0. The van der Waals surface area contributed by atoms with Gasteiger partial charge in [-0.1, -0.05) is 19.8 Å². The standard InChI is InChI=1S/C14H20F2N2O/c1-2-3-4-5-11-8-17-13(18-9-11)12-6-7-14(15,16)19-10-12/h8-9,12H,2-7,10H2,1H3. The van der Waals surface area contributed by atoms with Gasteiger partial charge in [0.25, 0.3) is 0 Å². The Morgan fingerprint density at radius 1 is 1.32 bits per heavy atom. The molecule has 19 heavy (non-hydrogen) atoms. The van der Waals surface area contributed by atoms with Gasteiger partial charge < -0.3 is 4.74 Å². The molecule has 0 amide bonds. The van der Waals surface area contributed by atoms with Crippen molar-refractivity contribution in [1.82, 2.24) is 9.97 Å². The van der Waals surface area contributed by atoms with Gasteiger partial charge in [0.1, 0.15) is 5.82 Å². The average Bonchev–Trinajstić information content (AvgIpc) is 2.40. The van der Waals surface area contributed by atoms with E-state index in [-0.39, 0.29) is 18.9 Å². The van der Waals surface area contributed by atoms with Gasteiger partial charge in [0.05, 0.1) is 6.61 Å². The zero-order valence-corrected chi connectivity index (χ0v) is 11.2. The summed E-state index contributed by atoms with van der Waals surface area (Å²) in [5.41, 5.74) is 1.11. The van der Waals surface area contributed by atoms with E-state index in [9.17, 15) is 8.78 Å². The Kier molecular flexibility index (Phi) is 4.80. The fourth-order valence-electron chi connectivity index (χ4n) is 2.21. The minimum Gasteiger partial charge on any atom is -0.320 e. The summed E-state index contributed by atoms with van der Waals surface area (Å²) in [6, 6.07) is 0. The second-order valence-corrected chi connectivity index (χ2v) is 5.09. The van der Waals surface area contributed by atoms with E-state index in [0.29, 0.717) is 12.2 Å². The molecule has 1 unspecified atom stereocenters. The maximum atomic E-state index is 12.9. The highest BCUT2D eigenvalue weighted by Gasteiger charge is 2.37. The normalized spacial score (nSPS) is 22.4. The van der Waals surface area contributed by atoms with E-state index < -0.39 is 6.11 Å². The molecule has 0 N–H and O–H groups in total. The van der Waals surface area contributed by atoms with Crippen LogP contribution in [-0.2, 0) is 11.2 Å². The zero-order valence-electron chi connectivity index (χ0n) is 11.2. The Morgan fingerprint density at radius 3 is 2.63 bits per heavy atom. The van der Waals surface area contributed by atoms with Crippen LogP contribution >= 0.6 is 0 Å². The number of aryl methyl sites for hydroxylation is 1. The zero-order chi connectivity index (χ0) is 13.7. The number of halogens is 2. The first kappa shape index (κ1) is 14.3. The van der Waals surface area contributed by atoms with Crippen molar-refractivity contribution < 1.29 is 13.5 Å². The third-order valence-electron chi connectivity index (χ3n) is 3.44. The third-order valence-corrected chi connectivity index (χ3v) is 3.44. The number of nitrogens with zero attached hydrogens (tertiary/aromatic N) is 2. The highest BCUT2D eigenvalue weighted by atomic mass is 19.3. The first-order chi connectivity index (χ1) is 9.11. The van der Waals surface area contributed by atoms with E-state index in [2.05, 4.69) is 21.6 Å². The first-order valence-corrected chi connectivity index (χ1v) is 6.93. The van der Waals surface area contributed by atoms with E-state index in [1.165, 1.54) is 12.8 Å². The van der Waals surface area contributed by atoms with Gasteiger partial charge in [0.15, 0.2) is 0 Å². The third kappa shape index (κ3) is 4.20. The molecule has 5 heteroatoms. The van der Waals surface area contributed by atoms with Crippen molar-refractivity contribution in [2.45, 2.75) is 57.5 Å². The predicted octanol–water partition coefficient (Wildman–Crippen LogP) is 3.70. The number of aromatic nitrogens is 2. The molecule has 1 aliphatic heterocycles. The van der Waals surface area contributed by atoms with E-state index in [1.54, 1.807) is 0 Å². The first-order valence-electron chi connectivity index (χ1n) is 6.93. The van der Waals surface area contributed by atoms with Gasteiger partial charge in [-0.15, -0.1) is 0 Å². The van der Waals surface area contributed by atoms with Crippen molar-refractivity contribution in [2.75, 3.05) is 6.61 Å². The number of ether oxygens (including phenoxy) is 1. The van der Waals surface area contributed by atoms with Crippen LogP contribution in [0.15, 0.2) is 12.4 Å². The van der Waals surface area contributed by atoms with E-state index in [4.69, 9.17) is 0 Å². The van der Waals surface area contributed by atoms with Gasteiger partial charge in [-0.2, -0.15) is 8.78 Å². The van der Waals surface area contributed by atoms with Crippen molar-refractivity contribution in [3.05, 3.63) is 23.8 Å². The average molecular weight is 270 g/mol. The quantitative estimate of drug-likeness (QED) is 0.765. The summed E-state index contributed by atoms with van der Waals surface area (Å²) < 4.78 is 30.3. The lowest BCUT2D eigenvalue weighted by Gasteiger charge is -2.27. The van der Waals surface area contributed by atoms with E-state index >= 15 is 0 Å². The van der Waals surface area contributed by atoms with Gasteiger partial charge in [-0.3, -0.25) is 0 Å². The van der Waals surface area contributed by atoms with Crippen molar-refractivity contribution in [3.63, 3.8) is 0 Å². The molecule has 1 aliphatic rings. The minimum absolute atomic E-state index is 0.00216. The molecule has 0 saturated carbocycles. The molecule has 1 fully saturated rings. The molecule has 0 spiro atoms. The van der Waals surface area contributed by atoms with Crippen LogP contribution in [0.4, 0.5) is 8.78 Å². The molecule has 0 aliphatic carbocycles. The molecule has 106 valence electrons. The van der Waals surface area contributed by atoms with Crippen LogP contribution in [0.5, 0.6) is 0 Å². The summed E-state index contributed by atoms with van der Waals surface area (Å²) in [4.78, 5) is 8.59. The highest BCUT2D eigenvalue weighted by molar-refractivity contribution is 5.08. The number of alkyl halides is 2. The molecule has 0 bridgehead atoms. The maximum absolute atomic E-state index is 12.9. The second kappa shape index (κ2) is 6.37. The molecule has 1 atom stereocenters. The molecule has 1 aromatic rings. The van der Waals surface area contributed by atoms with Gasteiger partial charge in [-0.05, 0) is 24.8 Å². The molecular weight excluding hydrogens is 250 g/mol. The molecule has 3 nitrogen and oxygen atoms in total. The maximum Gasteiger partial charge on any atom is 0.355 e. The summed E-state index contributed by atoms with van der Waals surface area (Å²) in [7, 11) is 0. The highest BCUT2D eigenvalue weighted by Crippen LogP contribution is 2.34. The second-order valence-electron chi connectivity index (χ2n) is 5.09. The lowest BCUT2D eigenvalue weighted by molar-refractivity contribution is -0.261. The summed E-state index contributed by atoms with van der Waals surface area (Å²) in [5.74, 6) is 0.513. The molecular formula is C14H20F2N2O. The van der Waals surface area contributed by atoms with Crippen LogP contribution < -0.4 is 0 Å². The summed E-state index contributed by atoms with van der Waals surface area (Å²) >= 11 is 0. The smallest absolute Gasteiger partial charge is 0.320 e. The Morgan fingerprint density at radius 2 is 2.05 bits per heavy atom. The topological polar surface area (TPSA) is 35.0 Å². The lowest BCUT2D eigenvalue weighted by atomic mass is 10.0. The van der Waals surface area contributed by atoms with Crippen molar-refractivity contribution >= 4 is 0 Å². The minimum atomic E-state index is -2.98. The van der Waals surface area contributed by atoms with Gasteiger partial charge in [0, 0.05) is 24.7 Å².